The molecule has 4 nitrogen and oxygen atoms in total. The van der Waals surface area contributed by atoms with E-state index in [1.54, 1.807) is 0 Å². The van der Waals surface area contributed by atoms with Gasteiger partial charge in [-0.15, -0.1) is 0 Å². The van der Waals surface area contributed by atoms with Crippen molar-refractivity contribution in [1.82, 2.24) is 19.5 Å². The summed E-state index contributed by atoms with van der Waals surface area (Å²) in [6.45, 7) is 0. The summed E-state index contributed by atoms with van der Waals surface area (Å²) < 4.78 is 2.24. The zero-order valence-electron chi connectivity index (χ0n) is 28.8. The van der Waals surface area contributed by atoms with Crippen LogP contribution in [0.5, 0.6) is 0 Å². The fraction of sp³-hybridized carbons (Fsp3) is 0. The number of benzene rings is 8. The molecule has 0 saturated carbocycles. The molecule has 2 aromatic heterocycles. The Morgan fingerprint density at radius 1 is 0.321 bits per heavy atom. The second kappa shape index (κ2) is 12.9. The molecule has 0 unspecified atom stereocenters. The molecule has 8 aromatic carbocycles. The van der Waals surface area contributed by atoms with Crippen molar-refractivity contribution in [2.24, 2.45) is 0 Å². The first-order valence-corrected chi connectivity index (χ1v) is 17.9. The van der Waals surface area contributed by atoms with E-state index < -0.39 is 0 Å². The minimum atomic E-state index is 0.678. The molecule has 4 heteroatoms. The van der Waals surface area contributed by atoms with E-state index in [-0.39, 0.29) is 0 Å². The third kappa shape index (κ3) is 5.73. The molecule has 0 aliphatic rings. The molecule has 0 N–H and O–H groups in total. The molecule has 53 heavy (non-hydrogen) atoms. The molecule has 0 spiro atoms. The van der Waals surface area contributed by atoms with E-state index in [9.17, 15) is 0 Å². The van der Waals surface area contributed by atoms with Crippen LogP contribution >= 0.6 is 0 Å². The average molecular weight is 677 g/mol. The van der Waals surface area contributed by atoms with Gasteiger partial charge in [0.05, 0.1) is 22.4 Å². The predicted molar refractivity (Wildman–Crippen MR) is 219 cm³/mol. The SMILES string of the molecule is c1ccc(-c2ccc(-c3nc4ccccc4n3-c3ccc(-c4nc(-c5ccc6ccccc6c5)cc(-c5ccc6ccccc6c5)n4)cc3)cc2)cc1. The van der Waals surface area contributed by atoms with E-state index in [2.05, 4.69) is 187 Å². The Balaban J connectivity index is 1.08. The van der Waals surface area contributed by atoms with Gasteiger partial charge in [0.15, 0.2) is 5.82 Å². The van der Waals surface area contributed by atoms with E-state index in [1.807, 2.05) is 12.1 Å². The van der Waals surface area contributed by atoms with Gasteiger partial charge in [0.2, 0.25) is 0 Å². The zero-order chi connectivity index (χ0) is 35.1. The summed E-state index contributed by atoms with van der Waals surface area (Å²) in [5, 5.41) is 4.77. The first-order valence-electron chi connectivity index (χ1n) is 17.9. The molecule has 248 valence electrons. The van der Waals surface area contributed by atoms with Gasteiger partial charge >= 0.3 is 0 Å². The summed E-state index contributed by atoms with van der Waals surface area (Å²) in [6.07, 6.45) is 0. The van der Waals surface area contributed by atoms with Crippen molar-refractivity contribution in [1.29, 1.82) is 0 Å². The van der Waals surface area contributed by atoms with E-state index in [0.717, 1.165) is 56.2 Å². The molecular weight excluding hydrogens is 645 g/mol. The van der Waals surface area contributed by atoms with Gasteiger partial charge in [-0.05, 0) is 87.3 Å². The van der Waals surface area contributed by atoms with Gasteiger partial charge in [0, 0.05) is 27.9 Å². The lowest BCUT2D eigenvalue weighted by Gasteiger charge is -2.13. The molecule has 0 aliphatic heterocycles. The monoisotopic (exact) mass is 676 g/mol. The van der Waals surface area contributed by atoms with E-state index in [1.165, 1.54) is 32.7 Å². The summed E-state index contributed by atoms with van der Waals surface area (Å²) in [5.74, 6) is 1.57. The Morgan fingerprint density at radius 3 is 1.45 bits per heavy atom. The Kier molecular flexibility index (Phi) is 7.43. The third-order valence-electron chi connectivity index (χ3n) is 10.0. The largest absolute Gasteiger partial charge is 0.292 e. The van der Waals surface area contributed by atoms with Crippen LogP contribution < -0.4 is 0 Å². The Morgan fingerprint density at radius 2 is 0.811 bits per heavy atom. The number of nitrogens with zero attached hydrogens (tertiary/aromatic N) is 4. The molecule has 0 atom stereocenters. The number of para-hydroxylation sites is 2. The van der Waals surface area contributed by atoms with Crippen molar-refractivity contribution >= 4 is 32.6 Å². The number of imidazole rings is 1. The topological polar surface area (TPSA) is 43.6 Å². The maximum absolute atomic E-state index is 5.18. The first-order chi connectivity index (χ1) is 26.2. The zero-order valence-corrected chi connectivity index (χ0v) is 28.8. The number of aromatic nitrogens is 4. The van der Waals surface area contributed by atoms with Crippen LogP contribution in [0.15, 0.2) is 194 Å². The molecule has 0 fully saturated rings. The van der Waals surface area contributed by atoms with Crippen LogP contribution in [-0.2, 0) is 0 Å². The molecule has 0 bridgehead atoms. The molecule has 0 saturated heterocycles. The van der Waals surface area contributed by atoms with Crippen molar-refractivity contribution in [3.05, 3.63) is 194 Å². The molecule has 0 aliphatic carbocycles. The minimum Gasteiger partial charge on any atom is -0.292 e. The molecule has 0 amide bonds. The predicted octanol–water partition coefficient (Wildman–Crippen LogP) is 12.5. The normalized spacial score (nSPS) is 11.4. The van der Waals surface area contributed by atoms with E-state index >= 15 is 0 Å². The fourth-order valence-electron chi connectivity index (χ4n) is 7.25. The molecule has 10 rings (SSSR count). The van der Waals surface area contributed by atoms with Crippen molar-refractivity contribution in [2.45, 2.75) is 0 Å². The Hall–Kier alpha value is -7.17. The Bertz CT molecular complexity index is 2830. The standard InChI is InChI=1S/C49H32N4/c1-2-10-33(11-3-1)36-18-22-38(23-19-36)49-52-44-16-8-9-17-47(44)53(49)43-28-26-37(27-29-43)48-50-45(41-24-20-34-12-4-6-14-39(34)30-41)32-46(51-48)42-25-21-35-13-5-7-15-40(35)31-42/h1-32H. The van der Waals surface area contributed by atoms with Crippen LogP contribution in [0.1, 0.15) is 0 Å². The van der Waals surface area contributed by atoms with Crippen molar-refractivity contribution < 1.29 is 0 Å². The van der Waals surface area contributed by atoms with Gasteiger partial charge in [0.1, 0.15) is 5.82 Å². The van der Waals surface area contributed by atoms with Crippen LogP contribution in [0.4, 0.5) is 0 Å². The third-order valence-corrected chi connectivity index (χ3v) is 10.0. The highest BCUT2D eigenvalue weighted by molar-refractivity contribution is 5.90. The lowest BCUT2D eigenvalue weighted by atomic mass is 10.0. The van der Waals surface area contributed by atoms with Gasteiger partial charge in [-0.1, -0.05) is 140 Å². The quantitative estimate of drug-likeness (QED) is 0.176. The van der Waals surface area contributed by atoms with Crippen LogP contribution in [0.2, 0.25) is 0 Å². The van der Waals surface area contributed by atoms with Crippen LogP contribution in [0, 0.1) is 0 Å². The Labute approximate surface area is 307 Å². The summed E-state index contributed by atoms with van der Waals surface area (Å²) in [7, 11) is 0. The summed E-state index contributed by atoms with van der Waals surface area (Å²) in [4.78, 5) is 15.5. The van der Waals surface area contributed by atoms with Crippen molar-refractivity contribution in [3.63, 3.8) is 0 Å². The maximum atomic E-state index is 5.18. The second-order valence-electron chi connectivity index (χ2n) is 13.3. The van der Waals surface area contributed by atoms with Crippen LogP contribution in [-0.4, -0.2) is 19.5 Å². The van der Waals surface area contributed by atoms with Crippen molar-refractivity contribution in [2.75, 3.05) is 0 Å². The molecular formula is C49H32N4. The molecule has 10 aromatic rings. The number of fused-ring (bicyclic) bond motifs is 3. The van der Waals surface area contributed by atoms with Gasteiger partial charge in [-0.25, -0.2) is 15.0 Å². The number of hydrogen-bond acceptors (Lipinski definition) is 3. The number of rotatable bonds is 6. The average Bonchev–Trinajstić information content (AvgIpc) is 3.63. The van der Waals surface area contributed by atoms with Crippen molar-refractivity contribution in [3.8, 4) is 62.1 Å². The smallest absolute Gasteiger partial charge is 0.160 e. The van der Waals surface area contributed by atoms with Gasteiger partial charge < -0.3 is 0 Å². The van der Waals surface area contributed by atoms with Crippen LogP contribution in [0.3, 0.4) is 0 Å². The van der Waals surface area contributed by atoms with Gasteiger partial charge in [-0.3, -0.25) is 4.57 Å². The summed E-state index contributed by atoms with van der Waals surface area (Å²) in [5.41, 5.74) is 11.3. The highest BCUT2D eigenvalue weighted by Crippen LogP contribution is 2.34. The first kappa shape index (κ1) is 30.6. The minimum absolute atomic E-state index is 0.678. The van der Waals surface area contributed by atoms with E-state index in [4.69, 9.17) is 15.0 Å². The lowest BCUT2D eigenvalue weighted by Crippen LogP contribution is -1.99. The summed E-state index contributed by atoms with van der Waals surface area (Å²) >= 11 is 0. The number of hydrogen-bond donors (Lipinski definition) is 0. The summed E-state index contributed by atoms with van der Waals surface area (Å²) in [6, 6.07) is 68.0. The lowest BCUT2D eigenvalue weighted by molar-refractivity contribution is 1.10. The van der Waals surface area contributed by atoms with E-state index in [0.29, 0.717) is 5.82 Å². The van der Waals surface area contributed by atoms with Gasteiger partial charge in [0.25, 0.3) is 0 Å². The highest BCUT2D eigenvalue weighted by Gasteiger charge is 2.16. The van der Waals surface area contributed by atoms with Gasteiger partial charge in [-0.2, -0.15) is 0 Å². The second-order valence-corrected chi connectivity index (χ2v) is 13.3. The molecule has 2 heterocycles. The maximum Gasteiger partial charge on any atom is 0.160 e. The fourth-order valence-corrected chi connectivity index (χ4v) is 7.25. The highest BCUT2D eigenvalue weighted by atomic mass is 15.1. The van der Waals surface area contributed by atoms with Crippen LogP contribution in [0.25, 0.3) is 94.7 Å². The molecule has 0 radical (unpaired) electrons.